The van der Waals surface area contributed by atoms with Crippen LogP contribution in [0.4, 0.5) is 0 Å². The van der Waals surface area contributed by atoms with E-state index in [-0.39, 0.29) is 11.2 Å². The van der Waals surface area contributed by atoms with Crippen molar-refractivity contribution in [3.05, 3.63) is 81.1 Å². The van der Waals surface area contributed by atoms with Crippen molar-refractivity contribution in [1.82, 2.24) is 13.7 Å². The monoisotopic (exact) mass is 375 g/mol. The standard InChI is InChI=1S/C22H21N3O3/c1-14-5-7-15(8-6-14)20-19-18(23(2)22(27)24(3)21(19)26)13-25(20)16-9-11-17(28-4)12-10-16/h5-13H,1-4H3. The van der Waals surface area contributed by atoms with Crippen LogP contribution in [0.15, 0.2) is 64.3 Å². The SMILES string of the molecule is COc1ccc(-n2cc3c(c2-c2ccc(C)cc2)c(=O)n(C)c(=O)n3C)cc1. The lowest BCUT2D eigenvalue weighted by Gasteiger charge is -2.11. The first kappa shape index (κ1) is 17.9. The normalized spacial score (nSPS) is 11.1. The van der Waals surface area contributed by atoms with Gasteiger partial charge in [-0.2, -0.15) is 0 Å². The molecular weight excluding hydrogens is 354 g/mol. The second-order valence-electron chi connectivity index (χ2n) is 6.88. The average Bonchev–Trinajstić information content (AvgIpc) is 3.12. The van der Waals surface area contributed by atoms with E-state index < -0.39 is 0 Å². The van der Waals surface area contributed by atoms with Gasteiger partial charge in [0.2, 0.25) is 0 Å². The van der Waals surface area contributed by atoms with E-state index in [0.717, 1.165) is 32.8 Å². The summed E-state index contributed by atoms with van der Waals surface area (Å²) in [6.07, 6.45) is 1.84. The van der Waals surface area contributed by atoms with Crippen LogP contribution in [0.3, 0.4) is 0 Å². The summed E-state index contributed by atoms with van der Waals surface area (Å²) in [6, 6.07) is 15.6. The molecule has 0 saturated carbocycles. The molecule has 2 heterocycles. The topological polar surface area (TPSA) is 58.2 Å². The van der Waals surface area contributed by atoms with Crippen LogP contribution in [0.25, 0.3) is 27.8 Å². The van der Waals surface area contributed by atoms with Crippen molar-refractivity contribution < 1.29 is 4.74 Å². The number of benzene rings is 2. The molecule has 0 atom stereocenters. The van der Waals surface area contributed by atoms with Gasteiger partial charge < -0.3 is 9.30 Å². The Bertz CT molecular complexity index is 1290. The highest BCUT2D eigenvalue weighted by Crippen LogP contribution is 2.31. The van der Waals surface area contributed by atoms with Crippen LogP contribution in [0, 0.1) is 6.92 Å². The lowest BCUT2D eigenvalue weighted by molar-refractivity contribution is 0.415. The van der Waals surface area contributed by atoms with E-state index in [1.165, 1.54) is 11.6 Å². The molecule has 4 aromatic rings. The predicted molar refractivity (Wildman–Crippen MR) is 110 cm³/mol. The molecule has 0 spiro atoms. The van der Waals surface area contributed by atoms with Gasteiger partial charge in [-0.3, -0.25) is 13.9 Å². The number of nitrogens with zero attached hydrogens (tertiary/aromatic N) is 3. The van der Waals surface area contributed by atoms with Gasteiger partial charge in [0.15, 0.2) is 0 Å². The fourth-order valence-electron chi connectivity index (χ4n) is 3.48. The van der Waals surface area contributed by atoms with E-state index in [0.29, 0.717) is 10.9 Å². The number of ether oxygens (including phenoxy) is 1. The van der Waals surface area contributed by atoms with E-state index >= 15 is 0 Å². The van der Waals surface area contributed by atoms with Crippen LogP contribution >= 0.6 is 0 Å². The number of aromatic nitrogens is 3. The molecule has 0 saturated heterocycles. The Hall–Kier alpha value is -3.54. The Kier molecular flexibility index (Phi) is 4.19. The molecule has 0 aliphatic heterocycles. The summed E-state index contributed by atoms with van der Waals surface area (Å²) in [6.45, 7) is 2.02. The average molecular weight is 375 g/mol. The maximum atomic E-state index is 13.0. The highest BCUT2D eigenvalue weighted by molar-refractivity contribution is 5.94. The van der Waals surface area contributed by atoms with Gasteiger partial charge in [0.25, 0.3) is 5.56 Å². The maximum Gasteiger partial charge on any atom is 0.330 e. The number of hydrogen-bond donors (Lipinski definition) is 0. The van der Waals surface area contributed by atoms with Crippen molar-refractivity contribution in [2.45, 2.75) is 6.92 Å². The smallest absolute Gasteiger partial charge is 0.330 e. The first-order valence-corrected chi connectivity index (χ1v) is 8.95. The summed E-state index contributed by atoms with van der Waals surface area (Å²) in [7, 11) is 4.81. The largest absolute Gasteiger partial charge is 0.497 e. The van der Waals surface area contributed by atoms with Crippen molar-refractivity contribution in [3.8, 4) is 22.7 Å². The van der Waals surface area contributed by atoms with Crippen LogP contribution in [-0.4, -0.2) is 20.8 Å². The molecule has 0 N–H and O–H groups in total. The van der Waals surface area contributed by atoms with Gasteiger partial charge in [0, 0.05) is 26.0 Å². The minimum atomic E-state index is -0.347. The molecule has 142 valence electrons. The molecule has 0 aliphatic carbocycles. The van der Waals surface area contributed by atoms with Crippen LogP contribution in [0.5, 0.6) is 5.75 Å². The molecule has 4 rings (SSSR count). The zero-order chi connectivity index (χ0) is 20.0. The Morgan fingerprint density at radius 2 is 1.50 bits per heavy atom. The molecule has 28 heavy (non-hydrogen) atoms. The molecule has 6 nitrogen and oxygen atoms in total. The third-order valence-electron chi connectivity index (χ3n) is 5.11. The molecule has 2 aromatic heterocycles. The van der Waals surface area contributed by atoms with Gasteiger partial charge in [-0.25, -0.2) is 4.79 Å². The van der Waals surface area contributed by atoms with Gasteiger partial charge in [0.05, 0.1) is 23.7 Å². The zero-order valence-electron chi connectivity index (χ0n) is 16.3. The summed E-state index contributed by atoms with van der Waals surface area (Å²) in [5.74, 6) is 0.751. The fourth-order valence-corrected chi connectivity index (χ4v) is 3.48. The molecule has 0 unspecified atom stereocenters. The Labute approximate surface area is 161 Å². The minimum absolute atomic E-state index is 0.305. The lowest BCUT2D eigenvalue weighted by atomic mass is 10.1. The molecule has 6 heteroatoms. The highest BCUT2D eigenvalue weighted by Gasteiger charge is 2.20. The van der Waals surface area contributed by atoms with Crippen molar-refractivity contribution in [3.63, 3.8) is 0 Å². The summed E-state index contributed by atoms with van der Waals surface area (Å²) in [5, 5.41) is 0.518. The third kappa shape index (κ3) is 2.65. The quantitative estimate of drug-likeness (QED) is 0.553. The number of fused-ring (bicyclic) bond motifs is 1. The van der Waals surface area contributed by atoms with Crippen LogP contribution in [0.2, 0.25) is 0 Å². The molecule has 0 radical (unpaired) electrons. The van der Waals surface area contributed by atoms with Gasteiger partial charge in [0.1, 0.15) is 5.75 Å². The Morgan fingerprint density at radius 3 is 2.11 bits per heavy atom. The van der Waals surface area contributed by atoms with Crippen molar-refractivity contribution >= 4 is 10.9 Å². The number of aryl methyl sites for hydroxylation is 2. The second kappa shape index (κ2) is 6.56. The molecule has 2 aromatic carbocycles. The third-order valence-corrected chi connectivity index (χ3v) is 5.11. The number of rotatable bonds is 3. The van der Waals surface area contributed by atoms with Gasteiger partial charge in [-0.1, -0.05) is 29.8 Å². The zero-order valence-corrected chi connectivity index (χ0v) is 16.3. The van der Waals surface area contributed by atoms with E-state index in [2.05, 4.69) is 0 Å². The van der Waals surface area contributed by atoms with Crippen LogP contribution in [-0.2, 0) is 14.1 Å². The Morgan fingerprint density at radius 1 is 0.857 bits per heavy atom. The predicted octanol–water partition coefficient (Wildman–Crippen LogP) is 3.01. The van der Waals surface area contributed by atoms with E-state index in [1.807, 2.05) is 66.2 Å². The van der Waals surface area contributed by atoms with Gasteiger partial charge >= 0.3 is 5.69 Å². The van der Waals surface area contributed by atoms with E-state index in [1.54, 1.807) is 14.2 Å². The first-order valence-electron chi connectivity index (χ1n) is 8.95. The molecular formula is C22H21N3O3. The first-order chi connectivity index (χ1) is 13.4. The summed E-state index contributed by atoms with van der Waals surface area (Å²) >= 11 is 0. The summed E-state index contributed by atoms with van der Waals surface area (Å²) < 4.78 is 9.87. The number of hydrogen-bond acceptors (Lipinski definition) is 3. The van der Waals surface area contributed by atoms with E-state index in [4.69, 9.17) is 4.74 Å². The second-order valence-corrected chi connectivity index (χ2v) is 6.88. The number of methoxy groups -OCH3 is 1. The van der Waals surface area contributed by atoms with Crippen LogP contribution in [0.1, 0.15) is 5.56 Å². The van der Waals surface area contributed by atoms with Crippen molar-refractivity contribution in [2.24, 2.45) is 14.1 Å². The Balaban J connectivity index is 2.14. The summed E-state index contributed by atoms with van der Waals surface area (Å²) in [5.41, 5.74) is 3.63. The molecule has 0 fully saturated rings. The van der Waals surface area contributed by atoms with Crippen molar-refractivity contribution in [2.75, 3.05) is 7.11 Å². The highest BCUT2D eigenvalue weighted by atomic mass is 16.5. The maximum absolute atomic E-state index is 13.0. The van der Waals surface area contributed by atoms with E-state index in [9.17, 15) is 9.59 Å². The van der Waals surface area contributed by atoms with Crippen LogP contribution < -0.4 is 16.0 Å². The lowest BCUT2D eigenvalue weighted by Crippen LogP contribution is -2.36. The summed E-state index contributed by atoms with van der Waals surface area (Å²) in [4.78, 5) is 25.4. The minimum Gasteiger partial charge on any atom is -0.497 e. The fraction of sp³-hybridized carbons (Fsp3) is 0.182. The van der Waals surface area contributed by atoms with Crippen molar-refractivity contribution in [1.29, 1.82) is 0 Å². The molecule has 0 bridgehead atoms. The molecule has 0 aliphatic rings. The van der Waals surface area contributed by atoms with Gasteiger partial charge in [-0.05, 0) is 36.8 Å². The van der Waals surface area contributed by atoms with Gasteiger partial charge in [-0.15, -0.1) is 0 Å². The molecule has 0 amide bonds.